The van der Waals surface area contributed by atoms with Crippen LogP contribution in [-0.4, -0.2) is 24.9 Å². The van der Waals surface area contributed by atoms with E-state index in [2.05, 4.69) is 20.7 Å². The zero-order chi connectivity index (χ0) is 12.8. The predicted molar refractivity (Wildman–Crippen MR) is 75.0 cm³/mol. The SMILES string of the molecule is COC(=O)CSC(c1ccccc1Br)C(C)N. The Hall–Kier alpha value is -0.520. The second kappa shape index (κ2) is 7.03. The minimum atomic E-state index is -0.229. The summed E-state index contributed by atoms with van der Waals surface area (Å²) in [5.41, 5.74) is 7.08. The molecule has 1 aromatic carbocycles. The highest BCUT2D eigenvalue weighted by molar-refractivity contribution is 9.10. The van der Waals surface area contributed by atoms with Crippen LogP contribution < -0.4 is 5.73 Å². The molecule has 0 amide bonds. The number of carbonyl (C=O) groups excluding carboxylic acids is 1. The molecule has 0 spiro atoms. The Morgan fingerprint density at radius 3 is 2.71 bits per heavy atom. The predicted octanol–water partition coefficient (Wildman–Crippen LogP) is 2.74. The smallest absolute Gasteiger partial charge is 0.315 e. The van der Waals surface area contributed by atoms with Crippen LogP contribution in [0.2, 0.25) is 0 Å². The number of carbonyl (C=O) groups is 1. The number of halogens is 1. The lowest BCUT2D eigenvalue weighted by atomic mass is 10.1. The molecule has 2 atom stereocenters. The first-order valence-corrected chi connectivity index (χ1v) is 7.09. The van der Waals surface area contributed by atoms with Gasteiger partial charge in [0.1, 0.15) is 0 Å². The lowest BCUT2D eigenvalue weighted by Crippen LogP contribution is -2.24. The van der Waals surface area contributed by atoms with Gasteiger partial charge in [0.15, 0.2) is 0 Å². The fraction of sp³-hybridized carbons (Fsp3) is 0.417. The van der Waals surface area contributed by atoms with Gasteiger partial charge in [0.2, 0.25) is 0 Å². The standard InChI is InChI=1S/C12H16BrNO2S/c1-8(14)12(17-7-11(15)16-2)9-5-3-4-6-10(9)13/h3-6,8,12H,7,14H2,1-2H3. The molecule has 17 heavy (non-hydrogen) atoms. The summed E-state index contributed by atoms with van der Waals surface area (Å²) >= 11 is 5.00. The van der Waals surface area contributed by atoms with Gasteiger partial charge in [0.25, 0.3) is 0 Å². The van der Waals surface area contributed by atoms with Crippen molar-refractivity contribution in [3.8, 4) is 0 Å². The number of thioether (sulfide) groups is 1. The maximum Gasteiger partial charge on any atom is 0.315 e. The van der Waals surface area contributed by atoms with E-state index in [9.17, 15) is 4.79 Å². The summed E-state index contributed by atoms with van der Waals surface area (Å²) in [6.07, 6.45) is 0. The van der Waals surface area contributed by atoms with Crippen molar-refractivity contribution in [2.24, 2.45) is 5.73 Å². The van der Waals surface area contributed by atoms with Gasteiger partial charge in [-0.1, -0.05) is 34.1 Å². The van der Waals surface area contributed by atoms with E-state index in [-0.39, 0.29) is 17.3 Å². The fourth-order valence-electron chi connectivity index (χ4n) is 1.45. The highest BCUT2D eigenvalue weighted by Gasteiger charge is 2.20. The van der Waals surface area contributed by atoms with Crippen LogP contribution >= 0.6 is 27.7 Å². The van der Waals surface area contributed by atoms with Crippen LogP contribution in [-0.2, 0) is 9.53 Å². The Morgan fingerprint density at radius 2 is 2.18 bits per heavy atom. The molecule has 0 radical (unpaired) electrons. The number of hydrogen-bond donors (Lipinski definition) is 1. The van der Waals surface area contributed by atoms with Crippen LogP contribution in [0.5, 0.6) is 0 Å². The molecule has 2 N–H and O–H groups in total. The Morgan fingerprint density at radius 1 is 1.53 bits per heavy atom. The molecule has 0 heterocycles. The van der Waals surface area contributed by atoms with Gasteiger partial charge in [-0.25, -0.2) is 0 Å². The van der Waals surface area contributed by atoms with Gasteiger partial charge >= 0.3 is 5.97 Å². The van der Waals surface area contributed by atoms with Gasteiger partial charge in [-0.15, -0.1) is 11.8 Å². The Bertz CT molecular complexity index is 385. The van der Waals surface area contributed by atoms with E-state index in [0.29, 0.717) is 5.75 Å². The molecule has 0 saturated heterocycles. The summed E-state index contributed by atoms with van der Waals surface area (Å²) < 4.78 is 5.65. The van der Waals surface area contributed by atoms with E-state index >= 15 is 0 Å². The van der Waals surface area contributed by atoms with Crippen LogP contribution in [0.1, 0.15) is 17.7 Å². The lowest BCUT2D eigenvalue weighted by molar-refractivity contribution is -0.137. The molecule has 94 valence electrons. The molecule has 0 aliphatic heterocycles. The summed E-state index contributed by atoms with van der Waals surface area (Å²) in [7, 11) is 1.39. The van der Waals surface area contributed by atoms with Crippen LogP contribution in [0.15, 0.2) is 28.7 Å². The normalized spacial score (nSPS) is 14.1. The molecule has 0 bridgehead atoms. The van der Waals surface area contributed by atoms with Crippen molar-refractivity contribution >= 4 is 33.7 Å². The maximum absolute atomic E-state index is 11.2. The molecule has 5 heteroatoms. The zero-order valence-electron chi connectivity index (χ0n) is 9.85. The van der Waals surface area contributed by atoms with Crippen LogP contribution in [0, 0.1) is 0 Å². The average Bonchev–Trinajstić information content (AvgIpc) is 2.30. The van der Waals surface area contributed by atoms with Crippen molar-refractivity contribution in [3.63, 3.8) is 0 Å². The molecule has 0 saturated carbocycles. The summed E-state index contributed by atoms with van der Waals surface area (Å²) in [6, 6.07) is 7.87. The van der Waals surface area contributed by atoms with Gasteiger partial charge in [-0.3, -0.25) is 4.79 Å². The van der Waals surface area contributed by atoms with Crippen molar-refractivity contribution < 1.29 is 9.53 Å². The molecule has 0 aliphatic rings. The van der Waals surface area contributed by atoms with Crippen molar-refractivity contribution in [1.82, 2.24) is 0 Å². The van der Waals surface area contributed by atoms with Gasteiger partial charge in [0, 0.05) is 15.8 Å². The third-order valence-electron chi connectivity index (χ3n) is 2.30. The number of ether oxygens (including phenoxy) is 1. The molecule has 0 aliphatic carbocycles. The van der Waals surface area contributed by atoms with E-state index in [1.54, 1.807) is 0 Å². The second-order valence-corrected chi connectivity index (χ2v) is 5.67. The first-order valence-electron chi connectivity index (χ1n) is 5.24. The zero-order valence-corrected chi connectivity index (χ0v) is 12.3. The summed E-state index contributed by atoms with van der Waals surface area (Å²) in [5.74, 6) is 0.0806. The summed E-state index contributed by atoms with van der Waals surface area (Å²) in [5, 5.41) is 0.0738. The topological polar surface area (TPSA) is 52.3 Å². The van der Waals surface area contributed by atoms with Gasteiger partial charge in [0.05, 0.1) is 12.9 Å². The largest absolute Gasteiger partial charge is 0.468 e. The molecular weight excluding hydrogens is 302 g/mol. The number of rotatable bonds is 5. The van der Waals surface area contributed by atoms with E-state index in [0.717, 1.165) is 10.0 Å². The quantitative estimate of drug-likeness (QED) is 0.848. The Balaban J connectivity index is 2.80. The van der Waals surface area contributed by atoms with E-state index in [4.69, 9.17) is 5.73 Å². The Labute approximate surface area is 114 Å². The number of hydrogen-bond acceptors (Lipinski definition) is 4. The molecule has 1 aromatic rings. The molecule has 2 unspecified atom stereocenters. The van der Waals surface area contributed by atoms with Crippen molar-refractivity contribution in [2.75, 3.05) is 12.9 Å². The maximum atomic E-state index is 11.2. The average molecular weight is 318 g/mol. The minimum Gasteiger partial charge on any atom is -0.468 e. The fourth-order valence-corrected chi connectivity index (χ4v) is 3.25. The lowest BCUT2D eigenvalue weighted by Gasteiger charge is -2.21. The third-order valence-corrected chi connectivity index (χ3v) is 4.46. The summed E-state index contributed by atoms with van der Waals surface area (Å²) in [6.45, 7) is 1.94. The monoisotopic (exact) mass is 317 g/mol. The number of benzene rings is 1. The number of nitrogens with two attached hydrogens (primary N) is 1. The van der Waals surface area contributed by atoms with E-state index in [1.165, 1.54) is 18.9 Å². The van der Waals surface area contributed by atoms with Crippen molar-refractivity contribution in [3.05, 3.63) is 34.3 Å². The first kappa shape index (κ1) is 14.5. The molecular formula is C12H16BrNO2S. The van der Waals surface area contributed by atoms with Crippen molar-refractivity contribution in [1.29, 1.82) is 0 Å². The number of esters is 1. The van der Waals surface area contributed by atoms with Gasteiger partial charge in [-0.2, -0.15) is 0 Å². The van der Waals surface area contributed by atoms with Crippen LogP contribution in [0.3, 0.4) is 0 Å². The molecule has 0 aromatic heterocycles. The first-order chi connectivity index (χ1) is 8.06. The van der Waals surface area contributed by atoms with Crippen LogP contribution in [0.25, 0.3) is 0 Å². The minimum absolute atomic E-state index is 0.0386. The van der Waals surface area contributed by atoms with Gasteiger partial charge in [-0.05, 0) is 18.6 Å². The number of methoxy groups -OCH3 is 1. The third kappa shape index (κ3) is 4.33. The molecule has 3 nitrogen and oxygen atoms in total. The molecule has 0 fully saturated rings. The van der Waals surface area contributed by atoms with Gasteiger partial charge < -0.3 is 10.5 Å². The second-order valence-electron chi connectivity index (χ2n) is 3.69. The molecule has 1 rings (SSSR count). The summed E-state index contributed by atoms with van der Waals surface area (Å²) in [4.78, 5) is 11.2. The highest BCUT2D eigenvalue weighted by atomic mass is 79.9. The van der Waals surface area contributed by atoms with Crippen molar-refractivity contribution in [2.45, 2.75) is 18.2 Å². The Kier molecular flexibility index (Phi) is 6.02. The van der Waals surface area contributed by atoms with Crippen LogP contribution in [0.4, 0.5) is 0 Å². The highest BCUT2D eigenvalue weighted by Crippen LogP contribution is 2.35. The van der Waals surface area contributed by atoms with E-state index in [1.807, 2.05) is 31.2 Å². The van der Waals surface area contributed by atoms with E-state index < -0.39 is 0 Å².